The summed E-state index contributed by atoms with van der Waals surface area (Å²) < 4.78 is 4.67. The number of hydrogen-bond acceptors (Lipinski definition) is 5. The molecule has 0 aliphatic rings. The van der Waals surface area contributed by atoms with E-state index in [1.807, 2.05) is 0 Å². The smallest absolute Gasteiger partial charge is 0.306 e. The van der Waals surface area contributed by atoms with E-state index in [4.69, 9.17) is 0 Å². The van der Waals surface area contributed by atoms with Gasteiger partial charge in [0.05, 0.1) is 19.2 Å². The maximum Gasteiger partial charge on any atom is 0.306 e. The molecule has 0 unspecified atom stereocenters. The average molecular weight is 212 g/mol. The Morgan fingerprint density at radius 3 is 2.93 bits per heavy atom. The number of ether oxygens (including phenoxy) is 1. The molecule has 0 atom stereocenters. The molecule has 0 saturated heterocycles. The number of amides is 1. The molecule has 1 amide bonds. The number of nitrogens with zero attached hydrogens (tertiary/aromatic N) is 2. The average Bonchev–Trinajstić information content (AvgIpc) is 2.68. The largest absolute Gasteiger partial charge is 0.466 e. The molecule has 0 fully saturated rings. The highest BCUT2D eigenvalue weighted by Gasteiger charge is 2.08. The number of aromatic nitrogens is 3. The van der Waals surface area contributed by atoms with Crippen LogP contribution in [0.4, 0.5) is 5.82 Å². The quantitative estimate of drug-likeness (QED) is 0.674. The summed E-state index contributed by atoms with van der Waals surface area (Å²) in [5, 5.41) is 12.0. The van der Waals surface area contributed by atoms with Gasteiger partial charge in [-0.3, -0.25) is 9.59 Å². The minimum absolute atomic E-state index is 0.0670. The second kappa shape index (κ2) is 5.74. The highest BCUT2D eigenvalue weighted by atomic mass is 16.5. The first-order valence-corrected chi connectivity index (χ1v) is 4.53. The van der Waals surface area contributed by atoms with Crippen molar-refractivity contribution in [2.45, 2.75) is 19.8 Å². The van der Waals surface area contributed by atoms with Crippen LogP contribution in [0, 0.1) is 0 Å². The number of anilines is 1. The summed E-state index contributed by atoms with van der Waals surface area (Å²) in [4.78, 5) is 22.1. The van der Waals surface area contributed by atoms with Crippen LogP contribution in [0.1, 0.15) is 19.8 Å². The number of aromatic amines is 1. The zero-order valence-electron chi connectivity index (χ0n) is 8.32. The number of H-pyrrole nitrogens is 1. The summed E-state index contributed by atoms with van der Waals surface area (Å²) in [5.41, 5.74) is 0. The maximum absolute atomic E-state index is 11.2. The maximum atomic E-state index is 11.2. The Morgan fingerprint density at radius 2 is 2.33 bits per heavy atom. The van der Waals surface area contributed by atoms with E-state index >= 15 is 0 Å². The zero-order chi connectivity index (χ0) is 11.1. The highest BCUT2D eigenvalue weighted by Crippen LogP contribution is 1.99. The summed E-state index contributed by atoms with van der Waals surface area (Å²) >= 11 is 0. The molecule has 1 aromatic heterocycles. The summed E-state index contributed by atoms with van der Waals surface area (Å²) in [5.74, 6) is -0.339. The topological polar surface area (TPSA) is 97.0 Å². The molecule has 0 aliphatic heterocycles. The Hall–Kier alpha value is -1.92. The summed E-state index contributed by atoms with van der Waals surface area (Å²) in [6.07, 6.45) is 1.52. The SMILES string of the molecule is CCOC(=O)CCC(=O)Nc1cn[nH]n1. The molecule has 7 nitrogen and oxygen atoms in total. The fraction of sp³-hybridized carbons (Fsp3) is 0.500. The first kappa shape index (κ1) is 11.2. The van der Waals surface area contributed by atoms with Crippen molar-refractivity contribution < 1.29 is 14.3 Å². The Morgan fingerprint density at radius 1 is 1.53 bits per heavy atom. The second-order valence-corrected chi connectivity index (χ2v) is 2.71. The van der Waals surface area contributed by atoms with Crippen LogP contribution in [0.15, 0.2) is 6.20 Å². The van der Waals surface area contributed by atoms with Gasteiger partial charge in [-0.25, -0.2) is 0 Å². The van der Waals surface area contributed by atoms with Crippen LogP contribution in [-0.2, 0) is 14.3 Å². The van der Waals surface area contributed by atoms with E-state index in [0.29, 0.717) is 12.4 Å². The van der Waals surface area contributed by atoms with Crippen LogP contribution >= 0.6 is 0 Å². The first-order valence-electron chi connectivity index (χ1n) is 4.53. The van der Waals surface area contributed by atoms with Crippen molar-refractivity contribution in [1.29, 1.82) is 0 Å². The van der Waals surface area contributed by atoms with Gasteiger partial charge in [0.25, 0.3) is 0 Å². The lowest BCUT2D eigenvalue weighted by atomic mass is 10.3. The molecule has 7 heteroatoms. The Bertz CT molecular complexity index is 323. The predicted octanol–water partition coefficient (Wildman–Crippen LogP) is 0.0865. The molecule has 0 saturated carbocycles. The van der Waals surface area contributed by atoms with E-state index in [1.54, 1.807) is 6.92 Å². The van der Waals surface area contributed by atoms with Crippen LogP contribution < -0.4 is 5.32 Å². The molecule has 1 heterocycles. The van der Waals surface area contributed by atoms with E-state index in [2.05, 4.69) is 25.5 Å². The van der Waals surface area contributed by atoms with Crippen LogP contribution in [0.3, 0.4) is 0 Å². The van der Waals surface area contributed by atoms with Crippen LogP contribution in [0.5, 0.6) is 0 Å². The van der Waals surface area contributed by atoms with Gasteiger partial charge >= 0.3 is 5.97 Å². The molecular formula is C8H12N4O3. The van der Waals surface area contributed by atoms with E-state index < -0.39 is 0 Å². The fourth-order valence-corrected chi connectivity index (χ4v) is 0.916. The monoisotopic (exact) mass is 212 g/mol. The van der Waals surface area contributed by atoms with Crippen molar-refractivity contribution in [3.05, 3.63) is 6.20 Å². The summed E-state index contributed by atoms with van der Waals surface area (Å²) in [7, 11) is 0. The number of carbonyl (C=O) groups excluding carboxylic acids is 2. The van der Waals surface area contributed by atoms with E-state index in [-0.39, 0.29) is 24.7 Å². The van der Waals surface area contributed by atoms with Gasteiger partial charge < -0.3 is 10.1 Å². The van der Waals surface area contributed by atoms with Gasteiger partial charge in [0, 0.05) is 6.42 Å². The lowest BCUT2D eigenvalue weighted by molar-refractivity contribution is -0.144. The van der Waals surface area contributed by atoms with Gasteiger partial charge in [0.1, 0.15) is 0 Å². The molecule has 0 radical (unpaired) electrons. The lowest BCUT2D eigenvalue weighted by Crippen LogP contribution is -2.14. The van der Waals surface area contributed by atoms with Gasteiger partial charge in [-0.05, 0) is 6.92 Å². The number of rotatable bonds is 5. The van der Waals surface area contributed by atoms with Crippen molar-refractivity contribution in [1.82, 2.24) is 15.4 Å². The van der Waals surface area contributed by atoms with Gasteiger partial charge in [-0.2, -0.15) is 10.3 Å². The fourth-order valence-electron chi connectivity index (χ4n) is 0.916. The molecule has 0 aromatic carbocycles. The first-order chi connectivity index (χ1) is 7.22. The van der Waals surface area contributed by atoms with Crippen LogP contribution in [0.25, 0.3) is 0 Å². The van der Waals surface area contributed by atoms with Crippen molar-refractivity contribution in [3.8, 4) is 0 Å². The molecule has 0 bridgehead atoms. The van der Waals surface area contributed by atoms with Crippen molar-refractivity contribution >= 4 is 17.7 Å². The number of esters is 1. The summed E-state index contributed by atoms with van der Waals surface area (Å²) in [6, 6.07) is 0. The second-order valence-electron chi connectivity index (χ2n) is 2.71. The third-order valence-corrected chi connectivity index (χ3v) is 1.54. The van der Waals surface area contributed by atoms with Crippen LogP contribution in [0.2, 0.25) is 0 Å². The van der Waals surface area contributed by atoms with Gasteiger partial charge in [0.2, 0.25) is 5.91 Å². The number of nitrogens with one attached hydrogen (secondary N) is 2. The standard InChI is InChI=1S/C8H12N4O3/c1-2-15-8(14)4-3-7(13)10-6-5-9-12-11-6/h5H,2-4H2,1H3,(H2,9,10,11,12,13). The zero-order valence-corrected chi connectivity index (χ0v) is 8.32. The van der Waals surface area contributed by atoms with Crippen molar-refractivity contribution in [2.24, 2.45) is 0 Å². The molecule has 2 N–H and O–H groups in total. The molecule has 0 aliphatic carbocycles. The third-order valence-electron chi connectivity index (χ3n) is 1.54. The normalized spacial score (nSPS) is 9.67. The van der Waals surface area contributed by atoms with Crippen LogP contribution in [-0.4, -0.2) is 33.9 Å². The van der Waals surface area contributed by atoms with Crippen molar-refractivity contribution in [2.75, 3.05) is 11.9 Å². The van der Waals surface area contributed by atoms with E-state index in [9.17, 15) is 9.59 Å². The Balaban J connectivity index is 2.22. The molecule has 15 heavy (non-hydrogen) atoms. The number of hydrogen-bond donors (Lipinski definition) is 2. The summed E-state index contributed by atoms with van der Waals surface area (Å²) in [6.45, 7) is 2.04. The minimum atomic E-state index is -0.382. The number of carbonyl (C=O) groups is 2. The minimum Gasteiger partial charge on any atom is -0.466 e. The van der Waals surface area contributed by atoms with E-state index in [1.165, 1.54) is 6.20 Å². The molecule has 82 valence electrons. The predicted molar refractivity (Wildman–Crippen MR) is 50.9 cm³/mol. The molecule has 1 aromatic rings. The van der Waals surface area contributed by atoms with Gasteiger partial charge in [-0.15, -0.1) is 5.10 Å². The third kappa shape index (κ3) is 4.21. The molecule has 0 spiro atoms. The molecule has 1 rings (SSSR count). The van der Waals surface area contributed by atoms with Gasteiger partial charge in [-0.1, -0.05) is 0 Å². The van der Waals surface area contributed by atoms with E-state index in [0.717, 1.165) is 0 Å². The van der Waals surface area contributed by atoms with Gasteiger partial charge in [0.15, 0.2) is 5.82 Å². The van der Waals surface area contributed by atoms with Crippen molar-refractivity contribution in [3.63, 3.8) is 0 Å². The lowest BCUT2D eigenvalue weighted by Gasteiger charge is -2.01. The Labute approximate surface area is 86.2 Å². The highest BCUT2D eigenvalue weighted by molar-refractivity contribution is 5.91. The molecular weight excluding hydrogens is 200 g/mol. The Kier molecular flexibility index (Phi) is 4.27.